The third kappa shape index (κ3) is 3.05. The Morgan fingerprint density at radius 2 is 1.57 bits per heavy atom. The number of carbonyl (C=O) groups excluding carboxylic acids is 1. The van der Waals surface area contributed by atoms with Crippen molar-refractivity contribution in [3.63, 3.8) is 0 Å². The molecule has 3 aromatic carbocycles. The lowest BCUT2D eigenvalue weighted by Crippen LogP contribution is -2.03. The van der Waals surface area contributed by atoms with E-state index in [-0.39, 0.29) is 5.78 Å². The van der Waals surface area contributed by atoms with E-state index in [0.29, 0.717) is 27.5 Å². The Labute approximate surface area is 139 Å². The van der Waals surface area contributed by atoms with Crippen LogP contribution in [0.3, 0.4) is 0 Å². The third-order valence-corrected chi connectivity index (χ3v) is 3.98. The molecule has 0 atom stereocenters. The summed E-state index contributed by atoms with van der Waals surface area (Å²) < 4.78 is 0. The van der Waals surface area contributed by atoms with Gasteiger partial charge in [-0.25, -0.2) is 0 Å². The van der Waals surface area contributed by atoms with Gasteiger partial charge in [-0.2, -0.15) is 0 Å². The van der Waals surface area contributed by atoms with Gasteiger partial charge in [-0.05, 0) is 47.5 Å². The average Bonchev–Trinajstić information content (AvgIpc) is 2.57. The molecule has 0 aromatic heterocycles. The molecule has 0 saturated carbocycles. The predicted molar refractivity (Wildman–Crippen MR) is 95.6 cm³/mol. The molecule has 0 unspecified atom stereocenters. The smallest absolute Gasteiger partial charge is 0.193 e. The molecule has 4 N–H and O–H groups in total. The van der Waals surface area contributed by atoms with Gasteiger partial charge in [0.2, 0.25) is 0 Å². The van der Waals surface area contributed by atoms with Gasteiger partial charge in [0.15, 0.2) is 5.78 Å². The summed E-state index contributed by atoms with van der Waals surface area (Å²) >= 11 is 6.11. The number of hydrogen-bond donors (Lipinski definition) is 2. The van der Waals surface area contributed by atoms with Gasteiger partial charge in [-0.15, -0.1) is 0 Å². The fourth-order valence-electron chi connectivity index (χ4n) is 2.42. The normalized spacial score (nSPS) is 10.5. The van der Waals surface area contributed by atoms with Gasteiger partial charge in [0.25, 0.3) is 0 Å². The quantitative estimate of drug-likeness (QED) is 0.554. The van der Waals surface area contributed by atoms with E-state index in [4.69, 9.17) is 23.1 Å². The Morgan fingerprint density at radius 1 is 0.870 bits per heavy atom. The van der Waals surface area contributed by atoms with Crippen LogP contribution in [-0.2, 0) is 0 Å². The molecule has 0 aliphatic heterocycles. The van der Waals surface area contributed by atoms with E-state index in [0.717, 1.165) is 11.1 Å². The fourth-order valence-corrected chi connectivity index (χ4v) is 2.60. The first-order valence-corrected chi connectivity index (χ1v) is 7.49. The number of anilines is 2. The van der Waals surface area contributed by atoms with Gasteiger partial charge < -0.3 is 11.5 Å². The molecule has 3 rings (SSSR count). The van der Waals surface area contributed by atoms with Crippen LogP contribution in [0.25, 0.3) is 11.1 Å². The highest BCUT2D eigenvalue weighted by Gasteiger charge is 2.15. The van der Waals surface area contributed by atoms with Crippen LogP contribution in [-0.4, -0.2) is 5.78 Å². The Kier molecular flexibility index (Phi) is 4.04. The maximum atomic E-state index is 12.8. The van der Waals surface area contributed by atoms with Crippen molar-refractivity contribution in [3.8, 4) is 11.1 Å². The van der Waals surface area contributed by atoms with Gasteiger partial charge >= 0.3 is 0 Å². The first-order valence-electron chi connectivity index (χ1n) is 7.11. The molecule has 0 fully saturated rings. The zero-order valence-corrected chi connectivity index (χ0v) is 13.0. The summed E-state index contributed by atoms with van der Waals surface area (Å²) in [7, 11) is 0. The first kappa shape index (κ1) is 15.1. The Balaban J connectivity index is 2.08. The van der Waals surface area contributed by atoms with Crippen molar-refractivity contribution in [1.82, 2.24) is 0 Å². The van der Waals surface area contributed by atoms with Crippen molar-refractivity contribution in [2.45, 2.75) is 0 Å². The third-order valence-electron chi connectivity index (χ3n) is 3.66. The highest BCUT2D eigenvalue weighted by atomic mass is 35.5. The van der Waals surface area contributed by atoms with Crippen LogP contribution in [0.2, 0.25) is 5.02 Å². The molecule has 0 radical (unpaired) electrons. The lowest BCUT2D eigenvalue weighted by Gasteiger charge is -2.10. The number of nitrogen functional groups attached to an aromatic ring is 2. The molecule has 114 valence electrons. The molecule has 4 heteroatoms. The summed E-state index contributed by atoms with van der Waals surface area (Å²) in [6.07, 6.45) is 0. The summed E-state index contributed by atoms with van der Waals surface area (Å²) in [6.45, 7) is 0. The number of benzene rings is 3. The van der Waals surface area contributed by atoms with E-state index < -0.39 is 0 Å². The highest BCUT2D eigenvalue weighted by Crippen LogP contribution is 2.30. The summed E-state index contributed by atoms with van der Waals surface area (Å²) in [4.78, 5) is 12.8. The van der Waals surface area contributed by atoms with Crippen LogP contribution in [0.1, 0.15) is 15.9 Å². The first-order chi connectivity index (χ1) is 11.1. The van der Waals surface area contributed by atoms with Crippen molar-refractivity contribution in [2.75, 3.05) is 11.5 Å². The van der Waals surface area contributed by atoms with Crippen LogP contribution >= 0.6 is 11.6 Å². The van der Waals surface area contributed by atoms with Gasteiger partial charge in [0.05, 0.1) is 10.7 Å². The molecule has 0 spiro atoms. The van der Waals surface area contributed by atoms with Crippen LogP contribution < -0.4 is 11.5 Å². The average molecular weight is 323 g/mol. The molecule has 3 aromatic rings. The number of hydrogen-bond acceptors (Lipinski definition) is 3. The van der Waals surface area contributed by atoms with Gasteiger partial charge in [0, 0.05) is 16.8 Å². The van der Waals surface area contributed by atoms with Crippen molar-refractivity contribution >= 4 is 28.8 Å². The van der Waals surface area contributed by atoms with Crippen molar-refractivity contribution < 1.29 is 4.79 Å². The molecule has 3 nitrogen and oxygen atoms in total. The predicted octanol–water partition coefficient (Wildman–Crippen LogP) is 4.40. The molecule has 0 heterocycles. The van der Waals surface area contributed by atoms with Crippen molar-refractivity contribution in [1.29, 1.82) is 0 Å². The molecular weight excluding hydrogens is 308 g/mol. The highest BCUT2D eigenvalue weighted by molar-refractivity contribution is 6.33. The summed E-state index contributed by atoms with van der Waals surface area (Å²) in [5.74, 6) is -0.0615. The minimum absolute atomic E-state index is 0.0615. The lowest BCUT2D eigenvalue weighted by molar-refractivity contribution is 0.103. The van der Waals surface area contributed by atoms with Crippen molar-refractivity contribution in [3.05, 3.63) is 82.9 Å². The fraction of sp³-hybridized carbons (Fsp3) is 0. The van der Waals surface area contributed by atoms with Crippen LogP contribution in [0.5, 0.6) is 0 Å². The maximum absolute atomic E-state index is 12.8. The van der Waals surface area contributed by atoms with Crippen molar-refractivity contribution in [2.24, 2.45) is 0 Å². The Bertz CT molecular complexity index is 873. The Morgan fingerprint density at radius 3 is 2.26 bits per heavy atom. The van der Waals surface area contributed by atoms with E-state index in [1.54, 1.807) is 42.5 Å². The van der Waals surface area contributed by atoms with E-state index in [2.05, 4.69) is 0 Å². The second-order valence-corrected chi connectivity index (χ2v) is 5.64. The molecule has 0 aliphatic rings. The number of carbonyl (C=O) groups is 1. The molecule has 0 bridgehead atoms. The van der Waals surface area contributed by atoms with Crippen LogP contribution in [0.4, 0.5) is 11.4 Å². The molecular formula is C19H15ClN2O. The minimum atomic E-state index is -0.0615. The molecule has 0 saturated heterocycles. The number of rotatable bonds is 3. The SMILES string of the molecule is Nc1ccc(C(=O)c2ccccc2-c2ccc(N)c(Cl)c2)cc1. The van der Waals surface area contributed by atoms with E-state index in [1.165, 1.54) is 0 Å². The van der Waals surface area contributed by atoms with E-state index in [9.17, 15) is 4.79 Å². The number of ketones is 1. The minimum Gasteiger partial charge on any atom is -0.399 e. The second-order valence-electron chi connectivity index (χ2n) is 5.23. The van der Waals surface area contributed by atoms with Gasteiger partial charge in [-0.3, -0.25) is 4.79 Å². The van der Waals surface area contributed by atoms with Crippen LogP contribution in [0, 0.1) is 0 Å². The largest absolute Gasteiger partial charge is 0.399 e. The number of nitrogens with two attached hydrogens (primary N) is 2. The molecule has 23 heavy (non-hydrogen) atoms. The zero-order valence-electron chi connectivity index (χ0n) is 12.3. The summed E-state index contributed by atoms with van der Waals surface area (Å²) in [5, 5.41) is 0.470. The van der Waals surface area contributed by atoms with E-state index in [1.807, 2.05) is 24.3 Å². The lowest BCUT2D eigenvalue weighted by atomic mass is 9.94. The summed E-state index contributed by atoms with van der Waals surface area (Å²) in [6, 6.07) is 19.7. The monoisotopic (exact) mass is 322 g/mol. The summed E-state index contributed by atoms with van der Waals surface area (Å²) in [5.41, 5.74) is 15.4. The van der Waals surface area contributed by atoms with Gasteiger partial charge in [-0.1, -0.05) is 41.9 Å². The Hall–Kier alpha value is -2.78. The molecule has 0 aliphatic carbocycles. The molecule has 0 amide bonds. The maximum Gasteiger partial charge on any atom is 0.193 e. The van der Waals surface area contributed by atoms with E-state index >= 15 is 0 Å². The van der Waals surface area contributed by atoms with Crippen LogP contribution in [0.15, 0.2) is 66.7 Å². The van der Waals surface area contributed by atoms with Gasteiger partial charge in [0.1, 0.15) is 0 Å². The second kappa shape index (κ2) is 6.15. The topological polar surface area (TPSA) is 69.1 Å². The number of halogens is 1. The standard InChI is InChI=1S/C19H15ClN2O/c20-17-11-13(7-10-18(17)22)15-3-1-2-4-16(15)19(23)12-5-8-14(21)9-6-12/h1-11H,21-22H2. The zero-order chi connectivity index (χ0) is 16.4.